The normalized spacial score (nSPS) is 13.0. The number of aromatic nitrogens is 3. The van der Waals surface area contributed by atoms with E-state index in [9.17, 15) is 13.2 Å². The lowest BCUT2D eigenvalue weighted by atomic mass is 10.2. The van der Waals surface area contributed by atoms with Crippen LogP contribution in [0.3, 0.4) is 0 Å². The average Bonchev–Trinajstić information content (AvgIpc) is 3.45. The van der Waals surface area contributed by atoms with Crippen molar-refractivity contribution in [3.05, 3.63) is 78.8 Å². The number of benzene rings is 2. The van der Waals surface area contributed by atoms with Gasteiger partial charge in [0.15, 0.2) is 5.65 Å². The number of para-hydroxylation sites is 1. The van der Waals surface area contributed by atoms with Gasteiger partial charge in [-0.05, 0) is 57.0 Å². The summed E-state index contributed by atoms with van der Waals surface area (Å²) in [6, 6.07) is 19.1. The van der Waals surface area contributed by atoms with Crippen LogP contribution in [0.25, 0.3) is 11.0 Å². The summed E-state index contributed by atoms with van der Waals surface area (Å²) in [5.74, 6) is 7.15. The predicted molar refractivity (Wildman–Crippen MR) is 178 cm³/mol. The molecule has 1 aliphatic heterocycles. The van der Waals surface area contributed by atoms with Crippen molar-refractivity contribution in [1.29, 1.82) is 0 Å². The van der Waals surface area contributed by atoms with Gasteiger partial charge >= 0.3 is 6.09 Å². The molecule has 1 aliphatic rings. The van der Waals surface area contributed by atoms with Gasteiger partial charge in [0.25, 0.3) is 10.0 Å². The van der Waals surface area contributed by atoms with Gasteiger partial charge < -0.3 is 19.3 Å². The van der Waals surface area contributed by atoms with Gasteiger partial charge in [0.2, 0.25) is 0 Å². The Labute approximate surface area is 267 Å². The zero-order valence-electron chi connectivity index (χ0n) is 27.1. The summed E-state index contributed by atoms with van der Waals surface area (Å²) in [5, 5.41) is 0.547. The fourth-order valence-electron chi connectivity index (χ4n) is 4.45. The van der Waals surface area contributed by atoms with E-state index in [0.29, 0.717) is 43.1 Å². The summed E-state index contributed by atoms with van der Waals surface area (Å²) >= 11 is 0. The van der Waals surface area contributed by atoms with Crippen LogP contribution in [0.5, 0.6) is 5.75 Å². The number of hydrogen-bond donors (Lipinski definition) is 0. The number of carbonyl (C=O) groups excluding carboxylic acids is 1. The summed E-state index contributed by atoms with van der Waals surface area (Å²) in [7, 11) is -4.03. The predicted octanol–water partition coefficient (Wildman–Crippen LogP) is 6.21. The lowest BCUT2D eigenvalue weighted by Gasteiger charge is -2.36. The van der Waals surface area contributed by atoms with E-state index in [2.05, 4.69) is 21.8 Å². The molecule has 0 N–H and O–H groups in total. The van der Waals surface area contributed by atoms with Gasteiger partial charge in [-0.25, -0.2) is 27.2 Å². The molecule has 0 spiro atoms. The number of ether oxygens (including phenoxy) is 2. The van der Waals surface area contributed by atoms with E-state index >= 15 is 0 Å². The highest BCUT2D eigenvalue weighted by Crippen LogP contribution is 2.30. The number of rotatable bonds is 5. The van der Waals surface area contributed by atoms with Gasteiger partial charge in [0.05, 0.1) is 10.3 Å². The maximum Gasteiger partial charge on any atom is 0.410 e. The van der Waals surface area contributed by atoms with Gasteiger partial charge in [0, 0.05) is 26.2 Å². The zero-order chi connectivity index (χ0) is 33.0. The number of piperazine rings is 1. The summed E-state index contributed by atoms with van der Waals surface area (Å²) in [6.07, 6.45) is 0.991. The first-order valence-corrected chi connectivity index (χ1v) is 16.6. The minimum absolute atomic E-state index is 0.0715. The number of carbonyl (C=O) groups is 1. The molecule has 11 heteroatoms. The van der Waals surface area contributed by atoms with E-state index in [4.69, 9.17) is 9.47 Å². The van der Waals surface area contributed by atoms with Crippen molar-refractivity contribution in [2.24, 2.45) is 0 Å². The molecule has 0 unspecified atom stereocenters. The van der Waals surface area contributed by atoms with E-state index in [1.54, 1.807) is 29.2 Å². The molecule has 3 heterocycles. The second-order valence-electron chi connectivity index (χ2n) is 10.4. The maximum absolute atomic E-state index is 13.8. The van der Waals surface area contributed by atoms with Crippen LogP contribution in [0.1, 0.15) is 54.2 Å². The van der Waals surface area contributed by atoms with Crippen molar-refractivity contribution in [2.75, 3.05) is 37.7 Å². The van der Waals surface area contributed by atoms with Gasteiger partial charge in [-0.3, -0.25) is 0 Å². The molecule has 2 aromatic carbocycles. The number of hydrogen-bond acceptors (Lipinski definition) is 8. The van der Waals surface area contributed by atoms with E-state index in [0.717, 1.165) is 3.97 Å². The van der Waals surface area contributed by atoms with Crippen molar-refractivity contribution >= 4 is 33.0 Å². The molecule has 1 amide bonds. The Morgan fingerprint density at radius 1 is 0.889 bits per heavy atom. The first kappa shape index (κ1) is 34.9. The van der Waals surface area contributed by atoms with Crippen molar-refractivity contribution in [3.63, 3.8) is 0 Å². The highest BCUT2D eigenvalue weighted by Gasteiger charge is 2.29. The molecule has 0 saturated carbocycles. The number of nitrogens with zero attached hydrogens (tertiary/aromatic N) is 5. The molecule has 1 fully saturated rings. The summed E-state index contributed by atoms with van der Waals surface area (Å²) in [4.78, 5) is 25.2. The summed E-state index contributed by atoms with van der Waals surface area (Å²) in [6.45, 7) is 15.4. The van der Waals surface area contributed by atoms with Gasteiger partial charge in [-0.1, -0.05) is 70.0 Å². The van der Waals surface area contributed by atoms with Crippen LogP contribution in [0.4, 0.5) is 10.6 Å². The molecule has 0 bridgehead atoms. The maximum atomic E-state index is 13.8. The third kappa shape index (κ3) is 8.76. The largest absolute Gasteiger partial charge is 0.481 e. The minimum atomic E-state index is -4.03. The average molecular weight is 634 g/mol. The standard InChI is InChI=1S/C30H31N5O5S.2C2H6/c1-30(2,3)40-29(36)34-18-16-33(17-19-34)27-26-21-23(11-10-20-39-24-12-6-4-7-13-24)35(28(26)32-22-31-27)41(37,38)25-14-8-5-9-15-25;2*1-2/h4-9,12-15,21-22H,16-20H2,1-3H3;2*1-2H3. The van der Waals surface area contributed by atoms with Gasteiger partial charge in [0.1, 0.15) is 35.8 Å². The Kier molecular flexibility index (Phi) is 12.4. The fraction of sp³-hybridized carbons (Fsp3) is 0.382. The molecule has 45 heavy (non-hydrogen) atoms. The second kappa shape index (κ2) is 16.0. The van der Waals surface area contributed by atoms with Crippen LogP contribution in [-0.4, -0.2) is 71.7 Å². The third-order valence-electron chi connectivity index (χ3n) is 6.32. The number of anilines is 1. The highest BCUT2D eigenvalue weighted by molar-refractivity contribution is 7.90. The molecule has 4 aromatic rings. The summed E-state index contributed by atoms with van der Waals surface area (Å²) in [5.41, 5.74) is -0.111. The molecule has 5 rings (SSSR count). The molecule has 10 nitrogen and oxygen atoms in total. The lowest BCUT2D eigenvalue weighted by Crippen LogP contribution is -2.50. The third-order valence-corrected chi connectivity index (χ3v) is 8.04. The van der Waals surface area contributed by atoms with Gasteiger partial charge in [-0.15, -0.1) is 0 Å². The molecule has 0 atom stereocenters. The van der Waals surface area contributed by atoms with Crippen LogP contribution in [0.15, 0.2) is 78.0 Å². The Morgan fingerprint density at radius 3 is 2.09 bits per heavy atom. The van der Waals surface area contributed by atoms with Gasteiger partial charge in [-0.2, -0.15) is 0 Å². The molecular formula is C34H43N5O5S. The van der Waals surface area contributed by atoms with Crippen LogP contribution < -0.4 is 9.64 Å². The molecule has 0 aliphatic carbocycles. The van der Waals surface area contributed by atoms with E-state index < -0.39 is 15.6 Å². The van der Waals surface area contributed by atoms with E-state index in [1.807, 2.05) is 83.7 Å². The Morgan fingerprint density at radius 2 is 1.49 bits per heavy atom. The minimum Gasteiger partial charge on any atom is -0.481 e. The Hall–Kier alpha value is -4.56. The molecule has 0 radical (unpaired) electrons. The lowest BCUT2D eigenvalue weighted by molar-refractivity contribution is 0.0240. The molecule has 1 saturated heterocycles. The smallest absolute Gasteiger partial charge is 0.410 e. The summed E-state index contributed by atoms with van der Waals surface area (Å²) < 4.78 is 40.0. The van der Waals surface area contributed by atoms with Crippen LogP contribution in [0, 0.1) is 11.8 Å². The number of amides is 1. The topological polar surface area (TPSA) is 107 Å². The number of fused-ring (bicyclic) bond motifs is 1. The van der Waals surface area contributed by atoms with Crippen LogP contribution >= 0.6 is 0 Å². The fourth-order valence-corrected chi connectivity index (χ4v) is 5.89. The zero-order valence-corrected chi connectivity index (χ0v) is 28.0. The Bertz CT molecular complexity index is 1700. The van der Waals surface area contributed by atoms with E-state index in [1.165, 1.54) is 18.5 Å². The second-order valence-corrected chi connectivity index (χ2v) is 12.2. The SMILES string of the molecule is CC.CC.CC(C)(C)OC(=O)N1CCN(c2ncnc3c2cc(C#CCOc2ccccc2)n3S(=O)(=O)c2ccccc2)CC1. The molecular weight excluding hydrogens is 590 g/mol. The van der Waals surface area contributed by atoms with E-state index in [-0.39, 0.29) is 28.9 Å². The highest BCUT2D eigenvalue weighted by atomic mass is 32.2. The van der Waals surface area contributed by atoms with Crippen molar-refractivity contribution in [1.82, 2.24) is 18.8 Å². The monoisotopic (exact) mass is 633 g/mol. The molecule has 2 aromatic heterocycles. The van der Waals surface area contributed by atoms with Crippen molar-refractivity contribution in [3.8, 4) is 17.6 Å². The molecule has 240 valence electrons. The van der Waals surface area contributed by atoms with Crippen LogP contribution in [0.2, 0.25) is 0 Å². The first-order valence-electron chi connectivity index (χ1n) is 15.2. The first-order chi connectivity index (χ1) is 21.6. The van der Waals surface area contributed by atoms with Crippen molar-refractivity contribution < 1.29 is 22.7 Å². The van der Waals surface area contributed by atoms with Crippen LogP contribution in [-0.2, 0) is 14.8 Å². The van der Waals surface area contributed by atoms with Crippen molar-refractivity contribution in [2.45, 2.75) is 59.0 Å². The quantitative estimate of drug-likeness (QED) is 0.239. The Balaban J connectivity index is 0.00000133.